The van der Waals surface area contributed by atoms with Crippen LogP contribution in [0, 0.1) is 0 Å². The van der Waals surface area contributed by atoms with E-state index in [4.69, 9.17) is 0 Å². The molecular weight excluding hydrogens is 138 g/mol. The van der Waals surface area contributed by atoms with Gasteiger partial charge in [-0.3, -0.25) is 4.52 Å². The van der Waals surface area contributed by atoms with Crippen molar-refractivity contribution in [2.75, 3.05) is 0 Å². The van der Waals surface area contributed by atoms with E-state index in [1.165, 1.54) is 6.08 Å². The third-order valence-electron chi connectivity index (χ3n) is 0.283. The van der Waals surface area contributed by atoms with Gasteiger partial charge in [0, 0.05) is 0 Å². The molecule has 0 saturated heterocycles. The van der Waals surface area contributed by atoms with E-state index in [-0.39, 0.29) is 29.6 Å². The largest absolute Gasteiger partial charge is 1.00 e. The smallest absolute Gasteiger partial charge is 0.558 e. The first kappa shape index (κ1) is 11.4. The number of hydrogen-bond donors (Lipinski definition) is 0. The second kappa shape index (κ2) is 7.60. The number of hydrogen-bond acceptors (Lipinski definition) is 3. The zero-order valence-electron chi connectivity index (χ0n) is 4.83. The van der Waals surface area contributed by atoms with Crippen molar-refractivity contribution in [1.29, 1.82) is 0 Å². The molecule has 0 aromatic carbocycles. The summed E-state index contributed by atoms with van der Waals surface area (Å²) >= 11 is 0. The second-order valence-electron chi connectivity index (χ2n) is 0.798. The van der Waals surface area contributed by atoms with Gasteiger partial charge in [-0.15, -0.1) is 0 Å². The molecule has 0 rings (SSSR count). The van der Waals surface area contributed by atoms with Crippen LogP contribution in [-0.2, 0) is 9.09 Å². The van der Waals surface area contributed by atoms with Gasteiger partial charge >= 0.3 is 37.8 Å². The standard InChI is InChI=1S/C3H5O3P.Na/c1-2-3-6-7(4)5;/h2-3H,1H3;/q;+1/b3-2-;. The van der Waals surface area contributed by atoms with E-state index in [2.05, 4.69) is 4.52 Å². The van der Waals surface area contributed by atoms with E-state index in [1.54, 1.807) is 6.92 Å². The Balaban J connectivity index is 0. The molecule has 0 bridgehead atoms. The summed E-state index contributed by atoms with van der Waals surface area (Å²) < 4.78 is 13.5. The molecule has 5 heteroatoms. The zero-order valence-corrected chi connectivity index (χ0v) is 7.72. The second-order valence-corrected chi connectivity index (χ2v) is 1.46. The van der Waals surface area contributed by atoms with Crippen LogP contribution in [0.4, 0.5) is 0 Å². The minimum atomic E-state index is -2.69. The van der Waals surface area contributed by atoms with E-state index in [9.17, 15) is 9.46 Å². The molecule has 0 amide bonds. The van der Waals surface area contributed by atoms with Gasteiger partial charge in [-0.05, 0) is 17.6 Å². The van der Waals surface area contributed by atoms with Crippen molar-refractivity contribution in [3.05, 3.63) is 12.3 Å². The maximum atomic E-state index is 9.52. The Labute approximate surface area is 71.0 Å². The first-order chi connectivity index (χ1) is 3.27. The number of allylic oxidation sites excluding steroid dienone is 1. The average molecular weight is 143 g/mol. The number of rotatable bonds is 2. The molecule has 40 valence electrons. The molecule has 0 saturated carbocycles. The predicted molar refractivity (Wildman–Crippen MR) is 23.5 cm³/mol. The topological polar surface area (TPSA) is 49.4 Å². The molecule has 1 atom stereocenters. The van der Waals surface area contributed by atoms with E-state index in [0.717, 1.165) is 6.26 Å². The van der Waals surface area contributed by atoms with Crippen LogP contribution in [0.1, 0.15) is 6.92 Å². The Morgan fingerprint density at radius 2 is 2.25 bits per heavy atom. The summed E-state index contributed by atoms with van der Waals surface area (Å²) in [6, 6.07) is 0. The summed E-state index contributed by atoms with van der Waals surface area (Å²) in [6.45, 7) is 1.67. The van der Waals surface area contributed by atoms with Gasteiger partial charge in [0.05, 0.1) is 0 Å². The molecule has 0 radical (unpaired) electrons. The summed E-state index contributed by atoms with van der Waals surface area (Å²) in [4.78, 5) is 9.52. The van der Waals surface area contributed by atoms with Gasteiger partial charge < -0.3 is 4.89 Å². The van der Waals surface area contributed by atoms with Crippen LogP contribution in [0.3, 0.4) is 0 Å². The zero-order chi connectivity index (χ0) is 5.70. The SMILES string of the molecule is C/C=C\O[P+](=O)[O-].[Na+]. The molecule has 0 aliphatic rings. The summed E-state index contributed by atoms with van der Waals surface area (Å²) in [5, 5.41) is 0. The Bertz CT molecular complexity index is 92.5. The molecule has 0 N–H and O–H groups in total. The monoisotopic (exact) mass is 143 g/mol. The Kier molecular flexibility index (Phi) is 10.8. The first-order valence-corrected chi connectivity index (χ1v) is 2.79. The minimum Gasteiger partial charge on any atom is -0.558 e. The molecule has 0 aliphatic carbocycles. The van der Waals surface area contributed by atoms with Crippen LogP contribution in [0.25, 0.3) is 0 Å². The minimum absolute atomic E-state index is 0. The van der Waals surface area contributed by atoms with Gasteiger partial charge in [-0.25, -0.2) is 0 Å². The van der Waals surface area contributed by atoms with E-state index in [1.807, 2.05) is 0 Å². The predicted octanol–water partition coefficient (Wildman–Crippen LogP) is -2.44. The average Bonchev–Trinajstić information content (AvgIpc) is 1.61. The molecule has 0 aromatic heterocycles. The van der Waals surface area contributed by atoms with Crippen molar-refractivity contribution in [3.8, 4) is 0 Å². The third kappa shape index (κ3) is 9.78. The normalized spacial score (nSPS) is 10.5. The molecule has 0 fully saturated rings. The van der Waals surface area contributed by atoms with E-state index >= 15 is 0 Å². The van der Waals surface area contributed by atoms with Crippen LogP contribution < -0.4 is 34.5 Å². The van der Waals surface area contributed by atoms with Gasteiger partial charge in [-0.1, -0.05) is 0 Å². The van der Waals surface area contributed by atoms with Gasteiger partial charge in [0.15, 0.2) is 0 Å². The van der Waals surface area contributed by atoms with E-state index < -0.39 is 8.25 Å². The van der Waals surface area contributed by atoms with Crippen molar-refractivity contribution < 1.29 is 43.5 Å². The Morgan fingerprint density at radius 1 is 1.75 bits per heavy atom. The van der Waals surface area contributed by atoms with Gasteiger partial charge in [0.2, 0.25) is 0 Å². The molecular formula is C3H5NaO3P+. The third-order valence-corrected chi connectivity index (χ3v) is 0.577. The quantitative estimate of drug-likeness (QED) is 0.245. The summed E-state index contributed by atoms with van der Waals surface area (Å²) in [7, 11) is -2.69. The van der Waals surface area contributed by atoms with Gasteiger partial charge in [-0.2, -0.15) is 0 Å². The fourth-order valence-corrected chi connectivity index (χ4v) is 0.332. The van der Waals surface area contributed by atoms with Crippen molar-refractivity contribution in [1.82, 2.24) is 0 Å². The van der Waals surface area contributed by atoms with Crippen LogP contribution in [0.5, 0.6) is 0 Å². The summed E-state index contributed by atoms with van der Waals surface area (Å²) in [6.07, 6.45) is 2.59. The van der Waals surface area contributed by atoms with Gasteiger partial charge in [0.25, 0.3) is 0 Å². The Hall–Kier alpha value is 0.600. The van der Waals surface area contributed by atoms with Crippen molar-refractivity contribution in [2.45, 2.75) is 6.92 Å². The summed E-state index contributed by atoms with van der Waals surface area (Å²) in [5.41, 5.74) is 0. The van der Waals surface area contributed by atoms with Gasteiger partial charge in [0.1, 0.15) is 6.26 Å². The molecule has 0 heterocycles. The fraction of sp³-hybridized carbons (Fsp3) is 0.333. The first-order valence-electron chi connectivity index (χ1n) is 1.69. The molecule has 0 spiro atoms. The van der Waals surface area contributed by atoms with Crippen molar-refractivity contribution in [3.63, 3.8) is 0 Å². The van der Waals surface area contributed by atoms with Crippen LogP contribution in [0.15, 0.2) is 12.3 Å². The van der Waals surface area contributed by atoms with E-state index in [0.29, 0.717) is 0 Å². The van der Waals surface area contributed by atoms with Crippen LogP contribution in [-0.4, -0.2) is 0 Å². The van der Waals surface area contributed by atoms with Crippen molar-refractivity contribution in [2.24, 2.45) is 0 Å². The van der Waals surface area contributed by atoms with Crippen LogP contribution >= 0.6 is 8.25 Å². The fourth-order valence-electron chi connectivity index (χ4n) is 0.111. The summed E-state index contributed by atoms with van der Waals surface area (Å²) in [5.74, 6) is 0. The van der Waals surface area contributed by atoms with Crippen molar-refractivity contribution >= 4 is 8.25 Å². The van der Waals surface area contributed by atoms with Crippen LogP contribution in [0.2, 0.25) is 0 Å². The Morgan fingerprint density at radius 3 is 2.38 bits per heavy atom. The molecule has 3 nitrogen and oxygen atoms in total. The molecule has 0 aromatic rings. The maximum absolute atomic E-state index is 9.52. The molecule has 8 heavy (non-hydrogen) atoms. The maximum Gasteiger partial charge on any atom is 1.00 e. The molecule has 1 unspecified atom stereocenters. The molecule has 0 aliphatic heterocycles.